The molecule has 0 saturated carbocycles. The number of hydrogen-bond donors (Lipinski definition) is 1. The second kappa shape index (κ2) is 6.98. The summed E-state index contributed by atoms with van der Waals surface area (Å²) in [6.07, 6.45) is 1.47. The minimum absolute atomic E-state index is 0.110. The number of halogens is 2. The molecule has 2 aromatic carbocycles. The molecular weight excluding hydrogens is 380 g/mol. The van der Waals surface area contributed by atoms with Gasteiger partial charge in [-0.05, 0) is 44.9 Å². The van der Waals surface area contributed by atoms with Gasteiger partial charge >= 0.3 is 0 Å². The number of amides is 1. The van der Waals surface area contributed by atoms with Crippen molar-refractivity contribution in [1.82, 2.24) is 4.98 Å². The first-order chi connectivity index (χ1) is 11.1. The number of pyridine rings is 1. The summed E-state index contributed by atoms with van der Waals surface area (Å²) in [4.78, 5) is 15.9. The van der Waals surface area contributed by atoms with Gasteiger partial charge in [-0.3, -0.25) is 4.79 Å². The third-order valence-corrected chi connectivity index (χ3v) is 4.22. The van der Waals surface area contributed by atoms with E-state index in [1.165, 1.54) is 6.20 Å². The highest BCUT2D eigenvalue weighted by atomic mass is 79.9. The summed E-state index contributed by atoms with van der Waals surface area (Å²) in [7, 11) is 0. The van der Waals surface area contributed by atoms with Gasteiger partial charge in [0.2, 0.25) is 0 Å². The number of carbonyl (C=O) groups excluding carboxylic acids is 1. The maximum atomic E-state index is 11.9. The molecule has 3 aromatic rings. The number of hydrogen-bond acceptors (Lipinski definition) is 3. The van der Waals surface area contributed by atoms with Crippen LogP contribution < -0.4 is 10.1 Å². The van der Waals surface area contributed by atoms with Crippen molar-refractivity contribution in [1.29, 1.82) is 0 Å². The molecule has 23 heavy (non-hydrogen) atoms. The van der Waals surface area contributed by atoms with Crippen molar-refractivity contribution in [3.8, 4) is 5.75 Å². The SMILES string of the molecule is O=C(COc1ccc2ccccc2c1Br)Nc1ccc(Cl)cn1. The number of nitrogens with zero attached hydrogens (tertiary/aromatic N) is 1. The van der Waals surface area contributed by atoms with Gasteiger partial charge in [-0.15, -0.1) is 0 Å². The average molecular weight is 392 g/mol. The molecule has 0 spiro atoms. The van der Waals surface area contributed by atoms with Crippen LogP contribution in [0.1, 0.15) is 0 Å². The van der Waals surface area contributed by atoms with E-state index in [0.29, 0.717) is 16.6 Å². The second-order valence-electron chi connectivity index (χ2n) is 4.80. The maximum Gasteiger partial charge on any atom is 0.263 e. The molecule has 1 N–H and O–H groups in total. The van der Waals surface area contributed by atoms with Gasteiger partial charge in [0.15, 0.2) is 6.61 Å². The van der Waals surface area contributed by atoms with Crippen molar-refractivity contribution in [2.75, 3.05) is 11.9 Å². The Hall–Kier alpha value is -2.11. The number of aromatic nitrogens is 1. The average Bonchev–Trinajstić information content (AvgIpc) is 2.57. The van der Waals surface area contributed by atoms with Crippen LogP contribution in [0.4, 0.5) is 5.82 Å². The number of ether oxygens (including phenoxy) is 1. The van der Waals surface area contributed by atoms with Gasteiger partial charge in [0.25, 0.3) is 5.91 Å². The third kappa shape index (κ3) is 3.81. The Balaban J connectivity index is 1.67. The van der Waals surface area contributed by atoms with Crippen LogP contribution in [0, 0.1) is 0 Å². The van der Waals surface area contributed by atoms with Gasteiger partial charge < -0.3 is 10.1 Å². The number of nitrogens with one attached hydrogen (secondary N) is 1. The molecule has 1 heterocycles. The van der Waals surface area contributed by atoms with Crippen LogP contribution in [0.25, 0.3) is 10.8 Å². The van der Waals surface area contributed by atoms with Crippen LogP contribution in [0.2, 0.25) is 5.02 Å². The molecule has 3 rings (SSSR count). The first kappa shape index (κ1) is 15.8. The van der Waals surface area contributed by atoms with Crippen LogP contribution in [0.3, 0.4) is 0 Å². The monoisotopic (exact) mass is 390 g/mol. The lowest BCUT2D eigenvalue weighted by Crippen LogP contribution is -2.20. The standard InChI is InChI=1S/C17H12BrClN2O2/c18-17-13-4-2-1-3-11(13)5-7-14(17)23-10-16(22)21-15-8-6-12(19)9-20-15/h1-9H,10H2,(H,20,21,22). The normalized spacial score (nSPS) is 10.5. The molecule has 0 bridgehead atoms. The molecule has 0 unspecified atom stereocenters. The molecule has 0 radical (unpaired) electrons. The summed E-state index contributed by atoms with van der Waals surface area (Å²) < 4.78 is 6.42. The van der Waals surface area contributed by atoms with E-state index in [9.17, 15) is 4.79 Å². The Labute approximate surface area is 146 Å². The van der Waals surface area contributed by atoms with Gasteiger partial charge in [0.05, 0.1) is 9.50 Å². The predicted molar refractivity (Wildman–Crippen MR) is 95.0 cm³/mol. The van der Waals surface area contributed by atoms with Crippen LogP contribution >= 0.6 is 27.5 Å². The van der Waals surface area contributed by atoms with E-state index in [4.69, 9.17) is 16.3 Å². The molecule has 0 aliphatic rings. The van der Waals surface area contributed by atoms with Crippen molar-refractivity contribution >= 4 is 50.0 Å². The van der Waals surface area contributed by atoms with Gasteiger partial charge in [-0.25, -0.2) is 4.98 Å². The first-order valence-corrected chi connectivity index (χ1v) is 8.02. The van der Waals surface area contributed by atoms with E-state index < -0.39 is 0 Å². The smallest absolute Gasteiger partial charge is 0.263 e. The summed E-state index contributed by atoms with van der Waals surface area (Å²) in [5.74, 6) is 0.753. The molecule has 0 fully saturated rings. The minimum Gasteiger partial charge on any atom is -0.483 e. The highest BCUT2D eigenvalue weighted by Gasteiger charge is 2.09. The van der Waals surface area contributed by atoms with Gasteiger partial charge in [0, 0.05) is 6.20 Å². The quantitative estimate of drug-likeness (QED) is 0.703. The van der Waals surface area contributed by atoms with Crippen LogP contribution in [-0.4, -0.2) is 17.5 Å². The predicted octanol–water partition coefficient (Wildman–Crippen LogP) is 4.67. The zero-order valence-corrected chi connectivity index (χ0v) is 14.3. The fraction of sp³-hybridized carbons (Fsp3) is 0.0588. The zero-order valence-electron chi connectivity index (χ0n) is 11.9. The molecule has 0 aliphatic carbocycles. The first-order valence-electron chi connectivity index (χ1n) is 6.85. The summed E-state index contributed by atoms with van der Waals surface area (Å²) >= 11 is 9.27. The molecule has 6 heteroatoms. The number of carbonyl (C=O) groups is 1. The van der Waals surface area contributed by atoms with Crippen molar-refractivity contribution in [3.05, 3.63) is 64.2 Å². The molecular formula is C17H12BrClN2O2. The Morgan fingerprint density at radius 3 is 2.78 bits per heavy atom. The maximum absolute atomic E-state index is 11.9. The number of benzene rings is 2. The fourth-order valence-corrected chi connectivity index (χ4v) is 2.82. The lowest BCUT2D eigenvalue weighted by atomic mass is 10.1. The minimum atomic E-state index is -0.292. The highest BCUT2D eigenvalue weighted by molar-refractivity contribution is 9.10. The van der Waals surface area contributed by atoms with Crippen LogP contribution in [0.15, 0.2) is 59.2 Å². The van der Waals surface area contributed by atoms with E-state index in [1.807, 2.05) is 36.4 Å². The summed E-state index contributed by atoms with van der Waals surface area (Å²) in [5.41, 5.74) is 0. The molecule has 0 saturated heterocycles. The largest absolute Gasteiger partial charge is 0.483 e. The Kier molecular flexibility index (Phi) is 4.79. The Bertz CT molecular complexity index is 853. The third-order valence-electron chi connectivity index (χ3n) is 3.18. The second-order valence-corrected chi connectivity index (χ2v) is 6.03. The van der Waals surface area contributed by atoms with Crippen LogP contribution in [-0.2, 0) is 4.79 Å². The molecule has 1 amide bonds. The zero-order chi connectivity index (χ0) is 16.2. The van der Waals surface area contributed by atoms with Gasteiger partial charge in [0.1, 0.15) is 11.6 Å². The molecule has 0 aliphatic heterocycles. The fourth-order valence-electron chi connectivity index (χ4n) is 2.10. The van der Waals surface area contributed by atoms with Crippen molar-refractivity contribution in [3.63, 3.8) is 0 Å². The molecule has 0 atom stereocenters. The van der Waals surface area contributed by atoms with E-state index in [-0.39, 0.29) is 12.5 Å². The number of rotatable bonds is 4. The van der Waals surface area contributed by atoms with E-state index >= 15 is 0 Å². The lowest BCUT2D eigenvalue weighted by molar-refractivity contribution is -0.118. The van der Waals surface area contributed by atoms with Crippen LogP contribution in [0.5, 0.6) is 5.75 Å². The molecule has 1 aromatic heterocycles. The van der Waals surface area contributed by atoms with E-state index in [1.54, 1.807) is 12.1 Å². The summed E-state index contributed by atoms with van der Waals surface area (Å²) in [6, 6.07) is 15.0. The van der Waals surface area contributed by atoms with E-state index in [0.717, 1.165) is 15.2 Å². The van der Waals surface area contributed by atoms with Gasteiger partial charge in [-0.1, -0.05) is 41.9 Å². The molecule has 4 nitrogen and oxygen atoms in total. The Morgan fingerprint density at radius 1 is 1.17 bits per heavy atom. The number of anilines is 1. The Morgan fingerprint density at radius 2 is 2.00 bits per heavy atom. The van der Waals surface area contributed by atoms with Crippen molar-refractivity contribution in [2.45, 2.75) is 0 Å². The van der Waals surface area contributed by atoms with E-state index in [2.05, 4.69) is 26.2 Å². The highest BCUT2D eigenvalue weighted by Crippen LogP contribution is 2.32. The van der Waals surface area contributed by atoms with Gasteiger partial charge in [-0.2, -0.15) is 0 Å². The summed E-state index contributed by atoms with van der Waals surface area (Å²) in [5, 5.41) is 5.29. The number of fused-ring (bicyclic) bond motifs is 1. The molecule has 116 valence electrons. The van der Waals surface area contributed by atoms with Crippen molar-refractivity contribution in [2.24, 2.45) is 0 Å². The topological polar surface area (TPSA) is 51.2 Å². The van der Waals surface area contributed by atoms with Crippen molar-refractivity contribution < 1.29 is 9.53 Å². The summed E-state index contributed by atoms with van der Waals surface area (Å²) in [6.45, 7) is -0.110. The lowest BCUT2D eigenvalue weighted by Gasteiger charge is -2.10.